The van der Waals surface area contributed by atoms with E-state index in [2.05, 4.69) is 10.6 Å². The zero-order chi connectivity index (χ0) is 22.9. The Balaban J connectivity index is 1.48. The van der Waals surface area contributed by atoms with Crippen LogP contribution < -0.4 is 20.1 Å². The zero-order valence-electron chi connectivity index (χ0n) is 18.6. The quantitative estimate of drug-likeness (QED) is 0.627. The zero-order valence-corrected chi connectivity index (χ0v) is 18.6. The first-order chi connectivity index (χ1) is 16.1. The number of rotatable bonds is 5. The fourth-order valence-electron chi connectivity index (χ4n) is 4.41. The third kappa shape index (κ3) is 3.86. The maximum atomic E-state index is 13.6. The highest BCUT2D eigenvalue weighted by Crippen LogP contribution is 2.38. The number of methoxy groups -OCH3 is 1. The fourth-order valence-corrected chi connectivity index (χ4v) is 4.41. The maximum Gasteiger partial charge on any atom is 0.257 e. The van der Waals surface area contributed by atoms with Crippen LogP contribution >= 0.6 is 0 Å². The lowest BCUT2D eigenvalue weighted by molar-refractivity contribution is -0.120. The predicted molar refractivity (Wildman–Crippen MR) is 126 cm³/mol. The van der Waals surface area contributed by atoms with Crippen LogP contribution in [0.1, 0.15) is 27.0 Å². The van der Waals surface area contributed by atoms with Gasteiger partial charge in [-0.25, -0.2) is 0 Å². The summed E-state index contributed by atoms with van der Waals surface area (Å²) in [6.07, 6.45) is 0.472. The van der Waals surface area contributed by atoms with Gasteiger partial charge in [0.15, 0.2) is 11.5 Å². The lowest BCUT2D eigenvalue weighted by Gasteiger charge is -2.34. The van der Waals surface area contributed by atoms with Gasteiger partial charge in [-0.2, -0.15) is 0 Å². The SMILES string of the molecule is CNc1ccc2c(c1)CN1C(=O)c3cc(OC)c(OCc4ccccc4)cc3NC(=O)C1C2. The van der Waals surface area contributed by atoms with Crippen LogP contribution in [0.5, 0.6) is 11.5 Å². The Morgan fingerprint density at radius 2 is 1.85 bits per heavy atom. The molecule has 2 aliphatic rings. The second-order valence-corrected chi connectivity index (χ2v) is 8.20. The average Bonchev–Trinajstić information content (AvgIpc) is 2.95. The molecule has 5 rings (SSSR count). The standard InChI is InChI=1S/C26H25N3O4/c1-27-19-9-8-17-11-22-25(30)28-21-13-24(33-15-16-6-4-3-5-7-16)23(32-2)12-20(21)26(31)29(22)14-18(17)10-19/h3-10,12-13,22,27H,11,14-15H2,1-2H3,(H,28,30). The van der Waals surface area contributed by atoms with Crippen LogP contribution in [0.15, 0.2) is 60.7 Å². The van der Waals surface area contributed by atoms with Gasteiger partial charge in [0.05, 0.1) is 18.4 Å². The minimum Gasteiger partial charge on any atom is -0.493 e. The minimum absolute atomic E-state index is 0.204. The Labute approximate surface area is 192 Å². The van der Waals surface area contributed by atoms with Crippen molar-refractivity contribution >= 4 is 23.2 Å². The molecule has 2 aliphatic heterocycles. The third-order valence-corrected chi connectivity index (χ3v) is 6.22. The number of fused-ring (bicyclic) bond motifs is 3. The van der Waals surface area contributed by atoms with Crippen LogP contribution in [0.4, 0.5) is 11.4 Å². The van der Waals surface area contributed by atoms with Gasteiger partial charge >= 0.3 is 0 Å². The van der Waals surface area contributed by atoms with Crippen molar-refractivity contribution in [2.75, 3.05) is 24.8 Å². The van der Waals surface area contributed by atoms with Crippen molar-refractivity contribution in [3.05, 3.63) is 82.9 Å². The van der Waals surface area contributed by atoms with Gasteiger partial charge in [-0.3, -0.25) is 9.59 Å². The Hall–Kier alpha value is -4.00. The number of amides is 2. The third-order valence-electron chi connectivity index (χ3n) is 6.22. The number of hydrogen-bond donors (Lipinski definition) is 2. The maximum absolute atomic E-state index is 13.6. The topological polar surface area (TPSA) is 79.9 Å². The van der Waals surface area contributed by atoms with E-state index in [1.807, 2.05) is 55.6 Å². The molecule has 7 heteroatoms. The molecule has 1 atom stereocenters. The van der Waals surface area contributed by atoms with Gasteiger partial charge in [0.2, 0.25) is 5.91 Å². The van der Waals surface area contributed by atoms with E-state index in [1.54, 1.807) is 17.0 Å². The van der Waals surface area contributed by atoms with Crippen molar-refractivity contribution in [1.82, 2.24) is 4.90 Å². The number of carbonyl (C=O) groups excluding carboxylic acids is 2. The normalized spacial score (nSPS) is 16.7. The molecule has 2 N–H and O–H groups in total. The first-order valence-corrected chi connectivity index (χ1v) is 10.9. The van der Waals surface area contributed by atoms with Crippen molar-refractivity contribution in [3.8, 4) is 11.5 Å². The van der Waals surface area contributed by atoms with E-state index in [1.165, 1.54) is 7.11 Å². The van der Waals surface area contributed by atoms with E-state index in [4.69, 9.17) is 9.47 Å². The van der Waals surface area contributed by atoms with Crippen molar-refractivity contribution in [2.24, 2.45) is 0 Å². The van der Waals surface area contributed by atoms with Crippen molar-refractivity contribution in [1.29, 1.82) is 0 Å². The van der Waals surface area contributed by atoms with E-state index < -0.39 is 6.04 Å². The van der Waals surface area contributed by atoms with Crippen molar-refractivity contribution in [2.45, 2.75) is 25.6 Å². The van der Waals surface area contributed by atoms with Gasteiger partial charge in [0, 0.05) is 31.8 Å². The Kier molecular flexibility index (Phi) is 5.38. The summed E-state index contributed by atoms with van der Waals surface area (Å²) in [6, 6.07) is 18.6. The van der Waals surface area contributed by atoms with Crippen molar-refractivity contribution < 1.29 is 19.1 Å². The molecule has 0 aliphatic carbocycles. The predicted octanol–water partition coefficient (Wildman–Crippen LogP) is 3.84. The Morgan fingerprint density at radius 3 is 2.61 bits per heavy atom. The molecular weight excluding hydrogens is 418 g/mol. The lowest BCUT2D eigenvalue weighted by atomic mass is 9.93. The number of hydrogen-bond acceptors (Lipinski definition) is 5. The van der Waals surface area contributed by atoms with Crippen LogP contribution in [-0.2, 0) is 24.4 Å². The van der Waals surface area contributed by atoms with E-state index in [9.17, 15) is 9.59 Å². The van der Waals surface area contributed by atoms with Gasteiger partial charge in [-0.1, -0.05) is 36.4 Å². The summed E-state index contributed by atoms with van der Waals surface area (Å²) in [4.78, 5) is 28.4. The number of benzene rings is 3. The summed E-state index contributed by atoms with van der Waals surface area (Å²) < 4.78 is 11.5. The molecule has 0 saturated carbocycles. The molecular formula is C26H25N3O4. The largest absolute Gasteiger partial charge is 0.493 e. The summed E-state index contributed by atoms with van der Waals surface area (Å²) in [5.41, 5.74) is 4.92. The summed E-state index contributed by atoms with van der Waals surface area (Å²) in [5.74, 6) is 0.502. The van der Waals surface area contributed by atoms with E-state index in [-0.39, 0.29) is 11.8 Å². The number of nitrogens with zero attached hydrogens (tertiary/aromatic N) is 1. The van der Waals surface area contributed by atoms with Crippen LogP contribution in [0, 0.1) is 0 Å². The number of anilines is 2. The second-order valence-electron chi connectivity index (χ2n) is 8.20. The van der Waals surface area contributed by atoms with Crippen LogP contribution in [-0.4, -0.2) is 36.9 Å². The molecule has 2 amide bonds. The lowest BCUT2D eigenvalue weighted by Crippen LogP contribution is -2.48. The molecule has 0 bridgehead atoms. The monoisotopic (exact) mass is 443 g/mol. The molecule has 168 valence electrons. The molecule has 0 aromatic heterocycles. The highest BCUT2D eigenvalue weighted by Gasteiger charge is 2.39. The molecule has 0 saturated heterocycles. The highest BCUT2D eigenvalue weighted by atomic mass is 16.5. The van der Waals surface area contributed by atoms with Gasteiger partial charge in [0.25, 0.3) is 5.91 Å². The van der Waals surface area contributed by atoms with Gasteiger partial charge in [-0.05, 0) is 34.9 Å². The highest BCUT2D eigenvalue weighted by molar-refractivity contribution is 6.10. The Bertz CT molecular complexity index is 1230. The number of carbonyl (C=O) groups is 2. The van der Waals surface area contributed by atoms with Crippen LogP contribution in [0.2, 0.25) is 0 Å². The van der Waals surface area contributed by atoms with Gasteiger partial charge in [0.1, 0.15) is 12.6 Å². The summed E-state index contributed by atoms with van der Waals surface area (Å²) in [7, 11) is 3.40. The average molecular weight is 444 g/mol. The van der Waals surface area contributed by atoms with Crippen LogP contribution in [0.25, 0.3) is 0 Å². The van der Waals surface area contributed by atoms with Gasteiger partial charge < -0.3 is 25.0 Å². The molecule has 0 fully saturated rings. The molecule has 7 nitrogen and oxygen atoms in total. The minimum atomic E-state index is -0.572. The molecule has 33 heavy (non-hydrogen) atoms. The van der Waals surface area contributed by atoms with E-state index >= 15 is 0 Å². The summed E-state index contributed by atoms with van der Waals surface area (Å²) in [6.45, 7) is 0.714. The first-order valence-electron chi connectivity index (χ1n) is 10.9. The second kappa shape index (κ2) is 8.50. The van der Waals surface area contributed by atoms with Crippen molar-refractivity contribution in [3.63, 3.8) is 0 Å². The number of nitrogens with one attached hydrogen (secondary N) is 2. The molecule has 2 heterocycles. The Morgan fingerprint density at radius 1 is 1.03 bits per heavy atom. The smallest absolute Gasteiger partial charge is 0.257 e. The molecule has 0 radical (unpaired) electrons. The summed E-state index contributed by atoms with van der Waals surface area (Å²) in [5, 5.41) is 6.07. The van der Waals surface area contributed by atoms with Gasteiger partial charge in [-0.15, -0.1) is 0 Å². The molecule has 3 aromatic rings. The molecule has 1 unspecified atom stereocenters. The first kappa shape index (κ1) is 20.9. The number of ether oxygens (including phenoxy) is 2. The molecule has 0 spiro atoms. The fraction of sp³-hybridized carbons (Fsp3) is 0.231. The van der Waals surface area contributed by atoms with E-state index in [0.717, 1.165) is 22.4 Å². The van der Waals surface area contributed by atoms with E-state index in [0.29, 0.717) is 42.3 Å². The molecule has 3 aromatic carbocycles. The summed E-state index contributed by atoms with van der Waals surface area (Å²) >= 11 is 0. The van der Waals surface area contributed by atoms with Crippen LogP contribution in [0.3, 0.4) is 0 Å².